The first-order chi connectivity index (χ1) is 10.3. The fourth-order valence-corrected chi connectivity index (χ4v) is 2.87. The fourth-order valence-electron chi connectivity index (χ4n) is 2.87. The van der Waals surface area contributed by atoms with Crippen LogP contribution < -0.4 is 16.6 Å². The van der Waals surface area contributed by atoms with E-state index >= 15 is 0 Å². The van der Waals surface area contributed by atoms with Crippen molar-refractivity contribution in [3.63, 3.8) is 0 Å². The van der Waals surface area contributed by atoms with Crippen molar-refractivity contribution in [2.24, 2.45) is 7.05 Å². The number of carbonyl (C=O) groups is 1. The molecule has 1 N–H and O–H groups in total. The molecule has 22 heavy (non-hydrogen) atoms. The quantitative estimate of drug-likeness (QED) is 0.886. The van der Waals surface area contributed by atoms with Crippen LogP contribution >= 0.6 is 0 Å². The van der Waals surface area contributed by atoms with Crippen LogP contribution in [0.25, 0.3) is 0 Å². The molecule has 0 spiro atoms. The number of amides is 1. The molecule has 1 aliphatic heterocycles. The number of hydrogen-bond donors (Lipinski definition) is 1. The summed E-state index contributed by atoms with van der Waals surface area (Å²) in [7, 11) is 1.38. The third-order valence-corrected chi connectivity index (χ3v) is 4.33. The number of rotatable bonds is 4. The molecule has 0 aromatic carbocycles. The monoisotopic (exact) mass is 307 g/mol. The van der Waals surface area contributed by atoms with Crippen molar-refractivity contribution in [2.45, 2.75) is 44.3 Å². The number of allylic oxidation sites excluding steroid dienone is 1. The molecule has 7 heteroatoms. The highest BCUT2D eigenvalue weighted by molar-refractivity contribution is 5.96. The fraction of sp³-hybridized carbons (Fsp3) is 0.533. The largest absolute Gasteiger partial charge is 0.331 e. The van der Waals surface area contributed by atoms with E-state index in [1.165, 1.54) is 11.6 Å². The zero-order valence-corrected chi connectivity index (χ0v) is 12.4. The number of alkyl halides is 1. The normalized spacial score (nSPS) is 18.8. The summed E-state index contributed by atoms with van der Waals surface area (Å²) in [5, 5.41) is 2.55. The standard InChI is InChI=1S/C15H18FN3O3/c1-9-8-10-11(12(20)17-9)19(14(22)18(2)13(10)21)7-3-4-15(16)5-6-15/h1,3-8H2,2H3,(H,17,20). The summed E-state index contributed by atoms with van der Waals surface area (Å²) < 4.78 is 16.0. The number of carbonyl (C=O) groups excluding carboxylic acids is 1. The third kappa shape index (κ3) is 2.40. The van der Waals surface area contributed by atoms with Gasteiger partial charge in [-0.15, -0.1) is 0 Å². The Morgan fingerprint density at radius 1 is 1.32 bits per heavy atom. The Morgan fingerprint density at radius 3 is 2.64 bits per heavy atom. The number of fused-ring (bicyclic) bond motifs is 1. The third-order valence-electron chi connectivity index (χ3n) is 4.33. The maximum absolute atomic E-state index is 13.7. The van der Waals surface area contributed by atoms with E-state index in [4.69, 9.17) is 0 Å². The molecule has 1 saturated carbocycles. The summed E-state index contributed by atoms with van der Waals surface area (Å²) in [6.45, 7) is 3.90. The summed E-state index contributed by atoms with van der Waals surface area (Å²) in [4.78, 5) is 36.6. The van der Waals surface area contributed by atoms with Gasteiger partial charge in [-0.05, 0) is 25.7 Å². The zero-order chi connectivity index (χ0) is 16.1. The van der Waals surface area contributed by atoms with Crippen LogP contribution in [0, 0.1) is 0 Å². The van der Waals surface area contributed by atoms with Crippen LogP contribution in [0.4, 0.5) is 4.39 Å². The molecule has 2 aliphatic rings. The van der Waals surface area contributed by atoms with Crippen molar-refractivity contribution in [1.82, 2.24) is 14.5 Å². The number of halogens is 1. The SMILES string of the molecule is C=C1Cc2c(n(CCCC3(F)CC3)c(=O)n(C)c2=O)C(=O)N1. The van der Waals surface area contributed by atoms with Crippen LogP contribution in [0.3, 0.4) is 0 Å². The highest BCUT2D eigenvalue weighted by Gasteiger charge is 2.42. The molecule has 2 heterocycles. The van der Waals surface area contributed by atoms with Gasteiger partial charge < -0.3 is 5.32 Å². The van der Waals surface area contributed by atoms with E-state index in [2.05, 4.69) is 11.9 Å². The van der Waals surface area contributed by atoms with Gasteiger partial charge in [-0.2, -0.15) is 0 Å². The lowest BCUT2D eigenvalue weighted by atomic mass is 10.0. The Kier molecular flexibility index (Phi) is 3.30. The second-order valence-electron chi connectivity index (χ2n) is 6.11. The number of nitrogens with one attached hydrogen (secondary N) is 1. The summed E-state index contributed by atoms with van der Waals surface area (Å²) in [6, 6.07) is 0. The molecule has 0 unspecified atom stereocenters. The molecule has 0 bridgehead atoms. The lowest BCUT2D eigenvalue weighted by Crippen LogP contribution is -2.47. The van der Waals surface area contributed by atoms with Crippen LogP contribution in [-0.2, 0) is 20.0 Å². The van der Waals surface area contributed by atoms with Crippen LogP contribution in [0.2, 0.25) is 0 Å². The zero-order valence-electron chi connectivity index (χ0n) is 12.4. The van der Waals surface area contributed by atoms with Gasteiger partial charge in [0.15, 0.2) is 0 Å². The van der Waals surface area contributed by atoms with Gasteiger partial charge >= 0.3 is 5.69 Å². The molecule has 0 atom stereocenters. The molecule has 1 aromatic heterocycles. The van der Waals surface area contributed by atoms with Gasteiger partial charge in [0.05, 0.1) is 5.56 Å². The minimum atomic E-state index is -1.10. The molecule has 3 rings (SSSR count). The van der Waals surface area contributed by atoms with Crippen molar-refractivity contribution in [2.75, 3.05) is 0 Å². The van der Waals surface area contributed by atoms with E-state index in [9.17, 15) is 18.8 Å². The maximum Gasteiger partial charge on any atom is 0.331 e. The minimum absolute atomic E-state index is 0.0872. The van der Waals surface area contributed by atoms with Gasteiger partial charge in [-0.3, -0.25) is 18.7 Å². The molecule has 1 aromatic rings. The molecule has 0 saturated heterocycles. The molecule has 118 valence electrons. The van der Waals surface area contributed by atoms with E-state index in [-0.39, 0.29) is 24.2 Å². The van der Waals surface area contributed by atoms with Gasteiger partial charge in [0.1, 0.15) is 11.4 Å². The lowest BCUT2D eigenvalue weighted by molar-refractivity contribution is 0.0946. The van der Waals surface area contributed by atoms with Gasteiger partial charge in [0.25, 0.3) is 11.5 Å². The van der Waals surface area contributed by atoms with Crippen LogP contribution in [-0.4, -0.2) is 20.7 Å². The molecular weight excluding hydrogens is 289 g/mol. The topological polar surface area (TPSA) is 73.1 Å². The predicted octanol–water partition coefficient (Wildman–Crippen LogP) is 0.629. The van der Waals surface area contributed by atoms with Crippen molar-refractivity contribution in [3.8, 4) is 0 Å². The van der Waals surface area contributed by atoms with Crippen molar-refractivity contribution in [3.05, 3.63) is 44.4 Å². The smallest absolute Gasteiger partial charge is 0.325 e. The van der Waals surface area contributed by atoms with Crippen molar-refractivity contribution < 1.29 is 9.18 Å². The van der Waals surface area contributed by atoms with Gasteiger partial charge in [-0.1, -0.05) is 6.58 Å². The Morgan fingerprint density at radius 2 is 2.00 bits per heavy atom. The predicted molar refractivity (Wildman–Crippen MR) is 78.6 cm³/mol. The van der Waals surface area contributed by atoms with E-state index < -0.39 is 22.8 Å². The molecule has 1 fully saturated rings. The first-order valence-corrected chi connectivity index (χ1v) is 7.33. The van der Waals surface area contributed by atoms with E-state index in [0.717, 1.165) is 4.57 Å². The minimum Gasteiger partial charge on any atom is -0.325 e. The second kappa shape index (κ2) is 4.93. The van der Waals surface area contributed by atoms with Crippen LogP contribution in [0.15, 0.2) is 21.9 Å². The Bertz CT molecular complexity index is 786. The van der Waals surface area contributed by atoms with Gasteiger partial charge in [-0.25, -0.2) is 9.18 Å². The average Bonchev–Trinajstić information content (AvgIpc) is 3.18. The van der Waals surface area contributed by atoms with Crippen LogP contribution in [0.1, 0.15) is 41.7 Å². The number of hydrogen-bond acceptors (Lipinski definition) is 3. The van der Waals surface area contributed by atoms with Gasteiger partial charge in [0.2, 0.25) is 0 Å². The Labute approximate surface area is 126 Å². The first kappa shape index (κ1) is 14.7. The lowest BCUT2D eigenvalue weighted by Gasteiger charge is -2.22. The maximum atomic E-state index is 13.7. The van der Waals surface area contributed by atoms with Gasteiger partial charge in [0, 0.05) is 25.7 Å². The number of nitrogens with zero attached hydrogens (tertiary/aromatic N) is 2. The Hall–Kier alpha value is -2.18. The molecule has 0 radical (unpaired) electrons. The summed E-state index contributed by atoms with van der Waals surface area (Å²) >= 11 is 0. The van der Waals surface area contributed by atoms with Crippen molar-refractivity contribution in [1.29, 1.82) is 0 Å². The van der Waals surface area contributed by atoms with E-state index in [1.54, 1.807) is 0 Å². The van der Waals surface area contributed by atoms with Crippen LogP contribution in [0.5, 0.6) is 0 Å². The number of aromatic nitrogens is 2. The molecular formula is C15H18FN3O3. The summed E-state index contributed by atoms with van der Waals surface area (Å²) in [5.41, 5.74) is -1.32. The average molecular weight is 307 g/mol. The molecule has 1 aliphatic carbocycles. The van der Waals surface area contributed by atoms with E-state index in [0.29, 0.717) is 31.4 Å². The molecule has 1 amide bonds. The van der Waals surface area contributed by atoms with Crippen molar-refractivity contribution >= 4 is 5.91 Å². The molecule has 6 nitrogen and oxygen atoms in total. The first-order valence-electron chi connectivity index (χ1n) is 7.33. The highest BCUT2D eigenvalue weighted by Crippen LogP contribution is 2.43. The summed E-state index contributed by atoms with van der Waals surface area (Å²) in [6.07, 6.45) is 2.16. The Balaban J connectivity index is 2.01. The van der Waals surface area contributed by atoms with E-state index in [1.807, 2.05) is 0 Å². The second-order valence-corrected chi connectivity index (χ2v) is 6.11. The highest BCUT2D eigenvalue weighted by atomic mass is 19.1. The summed E-state index contributed by atoms with van der Waals surface area (Å²) in [5.74, 6) is -0.498.